The van der Waals surface area contributed by atoms with E-state index < -0.39 is 18.4 Å². The number of nitrogens with one attached hydrogen (secondary N) is 2. The van der Waals surface area contributed by atoms with Crippen LogP contribution in [-0.4, -0.2) is 48.0 Å². The first-order valence-corrected chi connectivity index (χ1v) is 8.47. The Bertz CT molecular complexity index is 1020. The molecule has 0 aliphatic heterocycles. The van der Waals surface area contributed by atoms with Crippen LogP contribution in [0.3, 0.4) is 0 Å². The zero-order valence-electron chi connectivity index (χ0n) is 15.4. The summed E-state index contributed by atoms with van der Waals surface area (Å²) in [5.41, 5.74) is 1.66. The Morgan fingerprint density at radius 2 is 2.04 bits per heavy atom. The average Bonchev–Trinajstić information content (AvgIpc) is 2.95. The van der Waals surface area contributed by atoms with Crippen LogP contribution in [0.15, 0.2) is 24.5 Å². The summed E-state index contributed by atoms with van der Waals surface area (Å²) in [5, 5.41) is 13.7. The molecule has 11 heteroatoms. The molecular weight excluding hydrogens is 372 g/mol. The summed E-state index contributed by atoms with van der Waals surface area (Å²) in [7, 11) is 0. The lowest BCUT2D eigenvalue weighted by Crippen LogP contribution is -2.36. The highest BCUT2D eigenvalue weighted by atomic mass is 19.3. The third-order valence-corrected chi connectivity index (χ3v) is 3.96. The molecule has 3 heterocycles. The van der Waals surface area contributed by atoms with E-state index in [9.17, 15) is 13.6 Å². The Kier molecular flexibility index (Phi) is 5.08. The molecule has 0 aliphatic carbocycles. The average molecular weight is 391 g/mol. The van der Waals surface area contributed by atoms with Crippen molar-refractivity contribution in [3.05, 3.63) is 30.4 Å². The number of nitrogens with zero attached hydrogens (tertiary/aromatic N) is 5. The quantitative estimate of drug-likeness (QED) is 0.563. The molecule has 3 aromatic heterocycles. The van der Waals surface area contributed by atoms with Gasteiger partial charge in [0.25, 0.3) is 0 Å². The van der Waals surface area contributed by atoms with Crippen LogP contribution < -0.4 is 10.6 Å². The molecule has 9 nitrogen and oxygen atoms in total. The van der Waals surface area contributed by atoms with Crippen molar-refractivity contribution in [3.63, 3.8) is 0 Å². The largest absolute Gasteiger partial charge is 0.477 e. The third-order valence-electron chi connectivity index (χ3n) is 3.96. The maximum absolute atomic E-state index is 13.2. The molecule has 0 unspecified atom stereocenters. The summed E-state index contributed by atoms with van der Waals surface area (Å²) in [6.07, 6.45) is 2.99. The maximum Gasteiger partial charge on any atom is 0.376 e. The van der Waals surface area contributed by atoms with Crippen LogP contribution in [0.5, 0.6) is 0 Å². The second kappa shape index (κ2) is 7.33. The van der Waals surface area contributed by atoms with Crippen LogP contribution in [0.4, 0.5) is 26.4 Å². The number of hydrogen-bond donors (Lipinski definition) is 3. The minimum Gasteiger partial charge on any atom is -0.477 e. The van der Waals surface area contributed by atoms with E-state index in [0.29, 0.717) is 11.6 Å². The van der Waals surface area contributed by atoms with Crippen LogP contribution in [0.2, 0.25) is 0 Å². The number of anilines is 3. The SMILES string of the molecule is Cc1nc2cnc(Nc3ccnc(NCC(F)(F)C(=O)O)n3)cc2n1C(C)C. The van der Waals surface area contributed by atoms with Crippen LogP contribution in [0.25, 0.3) is 11.0 Å². The topological polar surface area (TPSA) is 118 Å². The normalized spacial score (nSPS) is 11.8. The van der Waals surface area contributed by atoms with Gasteiger partial charge in [0.05, 0.1) is 18.3 Å². The van der Waals surface area contributed by atoms with Gasteiger partial charge >= 0.3 is 11.9 Å². The number of carbonyl (C=O) groups is 1. The zero-order chi connectivity index (χ0) is 20.5. The molecule has 0 radical (unpaired) electrons. The third kappa shape index (κ3) is 3.97. The van der Waals surface area contributed by atoms with E-state index in [1.54, 1.807) is 6.20 Å². The highest BCUT2D eigenvalue weighted by molar-refractivity contribution is 5.79. The van der Waals surface area contributed by atoms with Crippen molar-refractivity contribution in [2.45, 2.75) is 32.7 Å². The van der Waals surface area contributed by atoms with Gasteiger partial charge in [-0.15, -0.1) is 0 Å². The van der Waals surface area contributed by atoms with E-state index in [-0.39, 0.29) is 12.0 Å². The van der Waals surface area contributed by atoms with Crippen LogP contribution in [0, 0.1) is 6.92 Å². The van der Waals surface area contributed by atoms with E-state index in [4.69, 9.17) is 5.11 Å². The summed E-state index contributed by atoms with van der Waals surface area (Å²) < 4.78 is 28.4. The molecule has 0 saturated carbocycles. The van der Waals surface area contributed by atoms with Gasteiger partial charge in [0, 0.05) is 18.3 Å². The zero-order valence-corrected chi connectivity index (χ0v) is 15.4. The summed E-state index contributed by atoms with van der Waals surface area (Å²) in [4.78, 5) is 27.1. The molecule has 0 aromatic carbocycles. The van der Waals surface area contributed by atoms with Gasteiger partial charge < -0.3 is 20.3 Å². The number of aliphatic carboxylic acids is 1. The molecular formula is C17H19F2N7O2. The molecule has 0 fully saturated rings. The van der Waals surface area contributed by atoms with Gasteiger partial charge in [-0.2, -0.15) is 13.8 Å². The van der Waals surface area contributed by atoms with Crippen molar-refractivity contribution in [1.29, 1.82) is 0 Å². The molecule has 3 rings (SSSR count). The van der Waals surface area contributed by atoms with Gasteiger partial charge in [-0.25, -0.2) is 19.7 Å². The van der Waals surface area contributed by atoms with Crippen molar-refractivity contribution < 1.29 is 18.7 Å². The fraction of sp³-hybridized carbons (Fsp3) is 0.353. The smallest absolute Gasteiger partial charge is 0.376 e. The second-order valence-electron chi connectivity index (χ2n) is 6.43. The molecule has 0 amide bonds. The van der Waals surface area contributed by atoms with Gasteiger partial charge in [-0.3, -0.25) is 0 Å². The maximum atomic E-state index is 13.2. The number of rotatable bonds is 7. The van der Waals surface area contributed by atoms with E-state index in [2.05, 4.69) is 49.0 Å². The molecule has 0 bridgehead atoms. The highest BCUT2D eigenvalue weighted by Gasteiger charge is 2.38. The molecule has 3 N–H and O–H groups in total. The van der Waals surface area contributed by atoms with Gasteiger partial charge in [0.15, 0.2) is 0 Å². The summed E-state index contributed by atoms with van der Waals surface area (Å²) >= 11 is 0. The summed E-state index contributed by atoms with van der Waals surface area (Å²) in [5.74, 6) is -4.59. The minimum atomic E-state index is -3.92. The van der Waals surface area contributed by atoms with Crippen molar-refractivity contribution in [2.24, 2.45) is 0 Å². The first kappa shape index (κ1) is 19.4. The predicted molar refractivity (Wildman–Crippen MR) is 99.0 cm³/mol. The number of aryl methyl sites for hydroxylation is 1. The van der Waals surface area contributed by atoms with Crippen LogP contribution >= 0.6 is 0 Å². The summed E-state index contributed by atoms with van der Waals surface area (Å²) in [6.45, 7) is 4.90. The van der Waals surface area contributed by atoms with Crippen molar-refractivity contribution in [2.75, 3.05) is 17.2 Å². The van der Waals surface area contributed by atoms with E-state index in [1.165, 1.54) is 12.3 Å². The fourth-order valence-corrected chi connectivity index (χ4v) is 2.75. The van der Waals surface area contributed by atoms with E-state index >= 15 is 0 Å². The summed E-state index contributed by atoms with van der Waals surface area (Å²) in [6, 6.07) is 3.58. The molecule has 0 aliphatic rings. The standard InChI is InChI=1S/C17H19F2N7O2/c1-9(2)26-10(3)23-11-7-21-14(6-12(11)26)24-13-4-5-20-16(25-13)22-8-17(18,19)15(27)28/h4-7,9H,8H2,1-3H3,(H,27,28)(H2,20,21,22,24,25). The Hall–Kier alpha value is -3.37. The number of alkyl halides is 2. The second-order valence-corrected chi connectivity index (χ2v) is 6.43. The van der Waals surface area contributed by atoms with Crippen molar-refractivity contribution in [3.8, 4) is 0 Å². The van der Waals surface area contributed by atoms with E-state index in [1.807, 2.05) is 13.0 Å². The predicted octanol–water partition coefficient (Wildman–Crippen LogP) is 2.99. The highest BCUT2D eigenvalue weighted by Crippen LogP contribution is 2.24. The number of halogens is 2. The van der Waals surface area contributed by atoms with Crippen molar-refractivity contribution in [1.82, 2.24) is 24.5 Å². The molecule has 0 spiro atoms. The lowest BCUT2D eigenvalue weighted by Gasteiger charge is -2.13. The Balaban J connectivity index is 1.80. The lowest BCUT2D eigenvalue weighted by atomic mass is 10.3. The monoisotopic (exact) mass is 391 g/mol. The molecule has 0 atom stereocenters. The van der Waals surface area contributed by atoms with Crippen LogP contribution in [0.1, 0.15) is 25.7 Å². The van der Waals surface area contributed by atoms with Crippen molar-refractivity contribution >= 4 is 34.6 Å². The van der Waals surface area contributed by atoms with Crippen LogP contribution in [-0.2, 0) is 4.79 Å². The Morgan fingerprint density at radius 1 is 1.29 bits per heavy atom. The van der Waals surface area contributed by atoms with Gasteiger partial charge in [-0.1, -0.05) is 0 Å². The Labute approximate surface area is 158 Å². The number of pyridine rings is 1. The van der Waals surface area contributed by atoms with Gasteiger partial charge in [-0.05, 0) is 26.8 Å². The number of aromatic nitrogens is 5. The fourth-order valence-electron chi connectivity index (χ4n) is 2.75. The first-order chi connectivity index (χ1) is 13.2. The number of fused-ring (bicyclic) bond motifs is 1. The lowest BCUT2D eigenvalue weighted by molar-refractivity contribution is -0.162. The number of hydrogen-bond acceptors (Lipinski definition) is 7. The number of carboxylic acid groups (broad SMARTS) is 1. The van der Waals surface area contributed by atoms with E-state index in [0.717, 1.165) is 16.9 Å². The first-order valence-electron chi connectivity index (χ1n) is 8.47. The molecule has 148 valence electrons. The molecule has 28 heavy (non-hydrogen) atoms. The van der Waals surface area contributed by atoms with Gasteiger partial charge in [0.2, 0.25) is 5.95 Å². The molecule has 3 aromatic rings. The minimum absolute atomic E-state index is 0.130. The number of carboxylic acids is 1. The number of imidazole rings is 1. The molecule has 0 saturated heterocycles. The van der Waals surface area contributed by atoms with Gasteiger partial charge in [0.1, 0.15) is 23.0 Å². The Morgan fingerprint density at radius 3 is 2.71 bits per heavy atom.